The zero-order valence-electron chi connectivity index (χ0n) is 20.6. The van der Waals surface area contributed by atoms with Crippen LogP contribution in [0.4, 0.5) is 0 Å². The molecule has 166 valence electrons. The van der Waals surface area contributed by atoms with Crippen LogP contribution in [0.1, 0.15) is 50.5 Å². The van der Waals surface area contributed by atoms with Gasteiger partial charge in [0.2, 0.25) is 0 Å². The molecule has 4 nitrogen and oxygen atoms in total. The van der Waals surface area contributed by atoms with E-state index in [0.717, 1.165) is 56.7 Å². The molecule has 2 heterocycles. The van der Waals surface area contributed by atoms with Gasteiger partial charge in [-0.1, -0.05) is 64.1 Å². The van der Waals surface area contributed by atoms with Crippen molar-refractivity contribution in [1.29, 1.82) is 0 Å². The van der Waals surface area contributed by atoms with Crippen LogP contribution < -0.4 is 0 Å². The van der Waals surface area contributed by atoms with Gasteiger partial charge in [-0.15, -0.1) is 0 Å². The van der Waals surface area contributed by atoms with Gasteiger partial charge in [-0.25, -0.2) is 19.9 Å². The Hall–Kier alpha value is -3.40. The lowest BCUT2D eigenvalue weighted by molar-refractivity contribution is 1.06. The second-order valence-electron chi connectivity index (χ2n) is 7.11. The molecule has 0 bridgehead atoms. The monoisotopic (exact) mass is 426 g/mol. The van der Waals surface area contributed by atoms with Gasteiger partial charge in [-0.05, 0) is 63.1 Å². The van der Waals surface area contributed by atoms with Crippen LogP contribution in [0.15, 0.2) is 60.7 Å². The lowest BCUT2D eigenvalue weighted by atomic mass is 10.0. The van der Waals surface area contributed by atoms with E-state index in [9.17, 15) is 0 Å². The molecule has 0 aliphatic heterocycles. The Morgan fingerprint density at radius 1 is 0.406 bits per heavy atom. The average Bonchev–Trinajstić information content (AvgIpc) is 2.81. The Balaban J connectivity index is 0.000000860. The smallest absolute Gasteiger partial charge is 0.159 e. The van der Waals surface area contributed by atoms with Gasteiger partial charge in [0.25, 0.3) is 0 Å². The van der Waals surface area contributed by atoms with E-state index in [1.807, 2.05) is 79.7 Å². The molecule has 2 aromatic carbocycles. The molecule has 0 unspecified atom stereocenters. The van der Waals surface area contributed by atoms with Crippen LogP contribution >= 0.6 is 0 Å². The second kappa shape index (κ2) is 11.8. The topological polar surface area (TPSA) is 51.6 Å². The molecule has 0 spiro atoms. The molecule has 2 aromatic heterocycles. The fourth-order valence-electron chi connectivity index (χ4n) is 3.39. The summed E-state index contributed by atoms with van der Waals surface area (Å²) in [5.41, 5.74) is 8.15. The molecule has 4 aromatic rings. The van der Waals surface area contributed by atoms with E-state index in [1.165, 1.54) is 0 Å². The van der Waals surface area contributed by atoms with Gasteiger partial charge in [0.05, 0.1) is 0 Å². The maximum Gasteiger partial charge on any atom is 0.159 e. The van der Waals surface area contributed by atoms with E-state index in [1.54, 1.807) is 0 Å². The highest BCUT2D eigenvalue weighted by Crippen LogP contribution is 2.28. The van der Waals surface area contributed by atoms with E-state index < -0.39 is 0 Å². The first-order chi connectivity index (χ1) is 15.5. The number of hydrogen-bond donors (Lipinski definition) is 0. The fraction of sp³-hybridized carbons (Fsp3) is 0.286. The Morgan fingerprint density at radius 2 is 0.688 bits per heavy atom. The molecule has 0 amide bonds. The van der Waals surface area contributed by atoms with E-state index in [-0.39, 0.29) is 0 Å². The summed E-state index contributed by atoms with van der Waals surface area (Å²) in [6.07, 6.45) is 0. The van der Waals surface area contributed by atoms with Crippen molar-refractivity contribution in [3.63, 3.8) is 0 Å². The number of rotatable bonds is 3. The first-order valence-corrected chi connectivity index (χ1v) is 11.3. The van der Waals surface area contributed by atoms with Crippen LogP contribution in [-0.4, -0.2) is 19.9 Å². The lowest BCUT2D eigenvalue weighted by Gasteiger charge is -2.09. The number of benzene rings is 2. The third kappa shape index (κ3) is 6.30. The molecule has 4 rings (SSSR count). The Morgan fingerprint density at radius 3 is 1.00 bits per heavy atom. The quantitative estimate of drug-likeness (QED) is 0.339. The molecule has 0 radical (unpaired) electrons. The van der Waals surface area contributed by atoms with Crippen molar-refractivity contribution in [3.8, 4) is 33.9 Å². The summed E-state index contributed by atoms with van der Waals surface area (Å²) in [6, 6.07) is 20.6. The van der Waals surface area contributed by atoms with Crippen LogP contribution in [0.3, 0.4) is 0 Å². The Bertz CT molecular complexity index is 1030. The first-order valence-electron chi connectivity index (χ1n) is 11.3. The van der Waals surface area contributed by atoms with Crippen molar-refractivity contribution in [2.75, 3.05) is 0 Å². The van der Waals surface area contributed by atoms with Crippen LogP contribution in [0.5, 0.6) is 0 Å². The van der Waals surface area contributed by atoms with Gasteiger partial charge >= 0.3 is 0 Å². The van der Waals surface area contributed by atoms with E-state index >= 15 is 0 Å². The molecule has 32 heavy (non-hydrogen) atoms. The highest BCUT2D eigenvalue weighted by atomic mass is 14.9. The second-order valence-corrected chi connectivity index (χ2v) is 7.11. The van der Waals surface area contributed by atoms with Gasteiger partial charge < -0.3 is 0 Å². The molecular formula is C28H34N4. The number of hydrogen-bond acceptors (Lipinski definition) is 4. The van der Waals surface area contributed by atoms with Gasteiger partial charge in [0.1, 0.15) is 0 Å². The van der Waals surface area contributed by atoms with Crippen LogP contribution in [0.25, 0.3) is 33.9 Å². The van der Waals surface area contributed by atoms with Gasteiger partial charge in [-0.3, -0.25) is 0 Å². The van der Waals surface area contributed by atoms with Crippen molar-refractivity contribution in [2.45, 2.75) is 55.4 Å². The van der Waals surface area contributed by atoms with Crippen LogP contribution in [-0.2, 0) is 0 Å². The van der Waals surface area contributed by atoms with Crippen molar-refractivity contribution in [2.24, 2.45) is 0 Å². The molecule has 0 atom stereocenters. The largest absolute Gasteiger partial charge is 0.233 e. The summed E-state index contributed by atoms with van der Waals surface area (Å²) in [5, 5.41) is 0. The first kappa shape index (κ1) is 24.9. The molecule has 0 aliphatic rings. The van der Waals surface area contributed by atoms with Crippen molar-refractivity contribution >= 4 is 0 Å². The molecular weight excluding hydrogens is 392 g/mol. The summed E-state index contributed by atoms with van der Waals surface area (Å²) < 4.78 is 0. The van der Waals surface area contributed by atoms with Gasteiger partial charge in [-0.2, -0.15) is 0 Å². The van der Waals surface area contributed by atoms with Crippen molar-refractivity contribution in [3.05, 3.63) is 83.4 Å². The Labute approximate surface area is 192 Å². The standard InChI is InChI=1S/C24H22N4.2C2H6/c1-15-11-16(2)26-23(25-15)21-9-5-7-19(13-21)20-8-6-10-22(14-20)24-27-17(3)12-18(4)28-24;2*1-2/h5-14H,1-4H3;2*1-2H3. The zero-order chi connectivity index (χ0) is 23.7. The maximum atomic E-state index is 4.59. The number of nitrogens with zero attached hydrogens (tertiary/aromatic N) is 4. The zero-order valence-corrected chi connectivity index (χ0v) is 20.6. The number of aryl methyl sites for hydroxylation is 4. The predicted molar refractivity (Wildman–Crippen MR) is 136 cm³/mol. The molecule has 0 fully saturated rings. The maximum absolute atomic E-state index is 4.59. The van der Waals surface area contributed by atoms with Gasteiger partial charge in [0, 0.05) is 33.9 Å². The molecule has 0 N–H and O–H groups in total. The average molecular weight is 427 g/mol. The predicted octanol–water partition coefficient (Wildman–Crippen LogP) is 7.55. The summed E-state index contributed by atoms with van der Waals surface area (Å²) in [5.74, 6) is 1.52. The minimum Gasteiger partial charge on any atom is -0.233 e. The Kier molecular flexibility index (Phi) is 9.21. The molecule has 0 saturated heterocycles. The summed E-state index contributed by atoms with van der Waals surface area (Å²) in [4.78, 5) is 18.4. The summed E-state index contributed by atoms with van der Waals surface area (Å²) in [7, 11) is 0. The van der Waals surface area contributed by atoms with Crippen LogP contribution in [0.2, 0.25) is 0 Å². The SMILES string of the molecule is CC.CC.Cc1cc(C)nc(-c2cccc(-c3cccc(-c4nc(C)cc(C)n4)c3)c2)n1. The minimum absolute atomic E-state index is 0.758. The fourth-order valence-corrected chi connectivity index (χ4v) is 3.39. The lowest BCUT2D eigenvalue weighted by Crippen LogP contribution is -1.95. The van der Waals surface area contributed by atoms with Crippen molar-refractivity contribution < 1.29 is 0 Å². The highest BCUT2D eigenvalue weighted by molar-refractivity contribution is 5.74. The third-order valence-electron chi connectivity index (χ3n) is 4.54. The third-order valence-corrected chi connectivity index (χ3v) is 4.54. The molecule has 4 heteroatoms. The van der Waals surface area contributed by atoms with Gasteiger partial charge in [0.15, 0.2) is 11.6 Å². The highest BCUT2D eigenvalue weighted by Gasteiger charge is 2.08. The molecule has 0 saturated carbocycles. The summed E-state index contributed by atoms with van der Waals surface area (Å²) >= 11 is 0. The van der Waals surface area contributed by atoms with E-state index in [0.29, 0.717) is 0 Å². The van der Waals surface area contributed by atoms with Crippen molar-refractivity contribution in [1.82, 2.24) is 19.9 Å². The van der Waals surface area contributed by atoms with Crippen LogP contribution in [0, 0.1) is 27.7 Å². The van der Waals surface area contributed by atoms with E-state index in [4.69, 9.17) is 0 Å². The van der Waals surface area contributed by atoms with E-state index in [2.05, 4.69) is 56.3 Å². The minimum atomic E-state index is 0.758. The summed E-state index contributed by atoms with van der Waals surface area (Å²) in [6.45, 7) is 16.0. The normalized spacial score (nSPS) is 9.88. The number of aromatic nitrogens is 4. The molecule has 0 aliphatic carbocycles.